The highest BCUT2D eigenvalue weighted by molar-refractivity contribution is 5.96. The lowest BCUT2D eigenvalue weighted by molar-refractivity contribution is 0.0917. The van der Waals surface area contributed by atoms with Gasteiger partial charge in [0.15, 0.2) is 0 Å². The lowest BCUT2D eigenvalue weighted by atomic mass is 9.99. The fraction of sp³-hybridized carbons (Fsp3) is 0.235. The van der Waals surface area contributed by atoms with Gasteiger partial charge in [-0.25, -0.2) is 4.68 Å². The summed E-state index contributed by atoms with van der Waals surface area (Å²) in [5, 5.41) is 13.2. The smallest absolute Gasteiger partial charge is 0.290 e. The van der Waals surface area contributed by atoms with Gasteiger partial charge in [0.2, 0.25) is 0 Å². The maximum Gasteiger partial charge on any atom is 0.290 e. The summed E-state index contributed by atoms with van der Waals surface area (Å²) in [5.41, 5.74) is 5.08. The largest absolute Gasteiger partial charge is 0.349 e. The zero-order valence-corrected chi connectivity index (χ0v) is 23.9. The Balaban J connectivity index is 1.29. The number of nitrogens with zero attached hydrogens (tertiary/aromatic N) is 4. The van der Waals surface area contributed by atoms with Gasteiger partial charge in [-0.1, -0.05) is 54.6 Å². The minimum Gasteiger partial charge on any atom is -0.349 e. The van der Waals surface area contributed by atoms with E-state index < -0.39 is 0 Å². The van der Waals surface area contributed by atoms with Crippen molar-refractivity contribution in [2.45, 2.75) is 32.4 Å². The summed E-state index contributed by atoms with van der Waals surface area (Å²) >= 11 is 0. The summed E-state index contributed by atoms with van der Waals surface area (Å²) < 4.78 is 1.47. The molecule has 0 atom stereocenters. The number of hydrogen-bond acceptors (Lipinski definition) is 6. The van der Waals surface area contributed by atoms with Crippen LogP contribution in [0.25, 0.3) is 33.2 Å². The molecule has 5 aromatic rings. The Bertz CT molecular complexity index is 1800. The highest BCUT2D eigenvalue weighted by Crippen LogP contribution is 2.29. The zero-order valence-electron chi connectivity index (χ0n) is 23.9. The van der Waals surface area contributed by atoms with Crippen molar-refractivity contribution in [1.82, 2.24) is 25.0 Å². The predicted octanol–water partition coefficient (Wildman–Crippen LogP) is 5.71. The van der Waals surface area contributed by atoms with Crippen LogP contribution in [0.1, 0.15) is 30.1 Å². The van der Waals surface area contributed by atoms with E-state index in [0.29, 0.717) is 23.5 Å². The molecule has 1 fully saturated rings. The van der Waals surface area contributed by atoms with E-state index in [9.17, 15) is 9.59 Å². The molecule has 6 rings (SSSR count). The van der Waals surface area contributed by atoms with Crippen LogP contribution in [-0.2, 0) is 6.54 Å². The van der Waals surface area contributed by atoms with Crippen LogP contribution in [0.5, 0.6) is 0 Å². The van der Waals surface area contributed by atoms with E-state index in [-0.39, 0.29) is 17.5 Å². The first-order chi connectivity index (χ1) is 20.5. The number of anilines is 2. The number of amides is 1. The molecule has 3 aromatic carbocycles. The molecule has 0 radical (unpaired) electrons. The highest BCUT2D eigenvalue weighted by Gasteiger charge is 2.19. The molecule has 1 aliphatic heterocycles. The van der Waals surface area contributed by atoms with Crippen molar-refractivity contribution in [3.63, 3.8) is 0 Å². The third-order valence-electron chi connectivity index (χ3n) is 7.88. The van der Waals surface area contributed by atoms with Crippen molar-refractivity contribution in [2.75, 3.05) is 25.5 Å². The number of likely N-dealkylation sites (tertiary alicyclic amines) is 1. The summed E-state index contributed by atoms with van der Waals surface area (Å²) in [6.07, 6.45) is 5.46. The normalized spacial score (nSPS) is 14.1. The molecule has 1 amide bonds. The molecule has 1 saturated heterocycles. The van der Waals surface area contributed by atoms with Gasteiger partial charge in [0.1, 0.15) is 5.69 Å². The molecule has 2 aromatic heterocycles. The third-order valence-corrected chi connectivity index (χ3v) is 7.88. The maximum atomic E-state index is 13.2. The molecular weight excluding hydrogens is 524 g/mol. The number of carbonyl (C=O) groups is 1. The quantitative estimate of drug-likeness (QED) is 0.266. The maximum absolute atomic E-state index is 13.2. The zero-order chi connectivity index (χ0) is 29.1. The number of hydrogen-bond donors (Lipinski definition) is 2. The van der Waals surface area contributed by atoms with Gasteiger partial charge < -0.3 is 15.5 Å². The molecule has 0 spiro atoms. The number of carbonyl (C=O) groups excluding carboxylic acids is 1. The molecule has 8 heteroatoms. The minimum absolute atomic E-state index is 0.0436. The number of benzene rings is 3. The number of aryl methyl sites for hydroxylation is 1. The van der Waals surface area contributed by atoms with Crippen LogP contribution in [0.4, 0.5) is 11.4 Å². The number of piperidine rings is 1. The number of nitrogens with one attached hydrogen (secondary N) is 2. The van der Waals surface area contributed by atoms with Gasteiger partial charge in [-0.15, -0.1) is 0 Å². The first kappa shape index (κ1) is 27.4. The lowest BCUT2D eigenvalue weighted by Crippen LogP contribution is -2.43. The molecule has 0 aliphatic carbocycles. The highest BCUT2D eigenvalue weighted by atomic mass is 16.1. The number of rotatable bonds is 7. The van der Waals surface area contributed by atoms with E-state index in [0.717, 1.165) is 59.1 Å². The summed E-state index contributed by atoms with van der Waals surface area (Å²) in [7, 11) is 2.11. The summed E-state index contributed by atoms with van der Waals surface area (Å²) in [6.45, 7) is 4.32. The van der Waals surface area contributed by atoms with Gasteiger partial charge in [0.05, 0.1) is 17.6 Å². The number of pyridine rings is 1. The summed E-state index contributed by atoms with van der Waals surface area (Å²) in [5.74, 6) is -0.0436. The average Bonchev–Trinajstić information content (AvgIpc) is 3.03. The standard InChI is InChI=1S/C34H34N6O2/c1-3-40-34(42)31(37-32-22-35-21-27-8-4-5-13-29(27)32)20-30(38-40)25-11-6-9-23(18-25)24-10-7-12-26(19-24)33(41)36-28-14-16-39(2)17-15-28/h4-13,18-22,28,37H,3,14-17H2,1-2H3,(H,36,41). The van der Waals surface area contributed by atoms with Crippen molar-refractivity contribution < 1.29 is 4.79 Å². The molecule has 42 heavy (non-hydrogen) atoms. The fourth-order valence-corrected chi connectivity index (χ4v) is 5.47. The second-order valence-corrected chi connectivity index (χ2v) is 10.8. The van der Waals surface area contributed by atoms with Crippen LogP contribution in [-0.4, -0.2) is 51.8 Å². The first-order valence-electron chi connectivity index (χ1n) is 14.4. The molecule has 0 unspecified atom stereocenters. The minimum atomic E-state index is -0.200. The molecule has 8 nitrogen and oxygen atoms in total. The second kappa shape index (κ2) is 12.0. The second-order valence-electron chi connectivity index (χ2n) is 10.8. The van der Waals surface area contributed by atoms with E-state index in [2.05, 4.69) is 32.7 Å². The van der Waals surface area contributed by atoms with E-state index in [1.54, 1.807) is 12.3 Å². The molecule has 1 aliphatic rings. The summed E-state index contributed by atoms with van der Waals surface area (Å²) in [4.78, 5) is 32.9. The fourth-order valence-electron chi connectivity index (χ4n) is 5.47. The van der Waals surface area contributed by atoms with Crippen LogP contribution in [0.15, 0.2) is 96.1 Å². The van der Waals surface area contributed by atoms with Gasteiger partial charge in [-0.3, -0.25) is 14.6 Å². The Kier molecular flexibility index (Phi) is 7.79. The van der Waals surface area contributed by atoms with Crippen LogP contribution < -0.4 is 16.2 Å². The Morgan fingerprint density at radius 3 is 2.43 bits per heavy atom. The van der Waals surface area contributed by atoms with E-state index >= 15 is 0 Å². The van der Waals surface area contributed by atoms with E-state index in [4.69, 9.17) is 0 Å². The van der Waals surface area contributed by atoms with Gasteiger partial charge in [0, 0.05) is 40.7 Å². The van der Waals surface area contributed by atoms with Crippen LogP contribution in [0, 0.1) is 0 Å². The van der Waals surface area contributed by atoms with Crippen molar-refractivity contribution in [3.05, 3.63) is 107 Å². The number of aromatic nitrogens is 3. The van der Waals surface area contributed by atoms with Gasteiger partial charge in [-0.2, -0.15) is 5.10 Å². The Labute approximate surface area is 245 Å². The van der Waals surface area contributed by atoms with Gasteiger partial charge in [-0.05, 0) is 75.3 Å². The Morgan fingerprint density at radius 1 is 0.881 bits per heavy atom. The van der Waals surface area contributed by atoms with E-state index in [1.165, 1.54) is 4.68 Å². The van der Waals surface area contributed by atoms with Crippen LogP contribution in [0.3, 0.4) is 0 Å². The molecule has 3 heterocycles. The van der Waals surface area contributed by atoms with Crippen molar-refractivity contribution in [3.8, 4) is 22.4 Å². The van der Waals surface area contributed by atoms with Gasteiger partial charge >= 0.3 is 0 Å². The predicted molar refractivity (Wildman–Crippen MR) is 168 cm³/mol. The van der Waals surface area contributed by atoms with E-state index in [1.807, 2.05) is 85.9 Å². The first-order valence-corrected chi connectivity index (χ1v) is 14.4. The SMILES string of the molecule is CCn1nc(-c2cccc(-c3cccc(C(=O)NC4CCN(C)CC4)c3)c2)cc(Nc2cncc3ccccc23)c1=O. The third kappa shape index (κ3) is 5.80. The van der Waals surface area contributed by atoms with Crippen molar-refractivity contribution >= 4 is 28.1 Å². The van der Waals surface area contributed by atoms with Gasteiger partial charge in [0.25, 0.3) is 11.5 Å². The van der Waals surface area contributed by atoms with Crippen molar-refractivity contribution in [1.29, 1.82) is 0 Å². The molecular formula is C34H34N6O2. The lowest BCUT2D eigenvalue weighted by Gasteiger charge is -2.29. The topological polar surface area (TPSA) is 92.2 Å². The van der Waals surface area contributed by atoms with Crippen LogP contribution in [0.2, 0.25) is 0 Å². The van der Waals surface area contributed by atoms with Crippen LogP contribution >= 0.6 is 0 Å². The summed E-state index contributed by atoms with van der Waals surface area (Å²) in [6, 6.07) is 25.7. The monoisotopic (exact) mass is 558 g/mol. The molecule has 212 valence electrons. The molecule has 2 N–H and O–H groups in total. The number of fused-ring (bicyclic) bond motifs is 1. The molecule has 0 saturated carbocycles. The Morgan fingerprint density at radius 2 is 1.62 bits per heavy atom. The Hall–Kier alpha value is -4.82. The van der Waals surface area contributed by atoms with Crippen molar-refractivity contribution in [2.24, 2.45) is 0 Å². The average molecular weight is 559 g/mol. The molecule has 0 bridgehead atoms.